The number of H-pyrrole nitrogens is 4. The van der Waals surface area contributed by atoms with Gasteiger partial charge in [0.1, 0.15) is 100 Å². The van der Waals surface area contributed by atoms with Crippen LogP contribution in [0.25, 0.3) is 44.1 Å². The molecule has 12 aromatic rings. The second-order valence-corrected chi connectivity index (χ2v) is 25.5. The van der Waals surface area contributed by atoms with E-state index in [2.05, 4.69) is 81.1 Å². The van der Waals surface area contributed by atoms with Crippen LogP contribution in [0.5, 0.6) is 23.0 Å². The highest BCUT2D eigenvalue weighted by Gasteiger charge is 2.25. The number of hydrogen-bond donors (Lipinski definition) is 12. The van der Waals surface area contributed by atoms with Gasteiger partial charge in [-0.25, -0.2) is 39.9 Å². The van der Waals surface area contributed by atoms with Gasteiger partial charge in [-0.3, -0.25) is 19.2 Å². The number of nitrogens with zero attached hydrogens (tertiary/aromatic N) is 8. The summed E-state index contributed by atoms with van der Waals surface area (Å²) in [5.74, 6) is 3.02. The SMILES string of the molecule is CCC(C)Oc1cc(C(N)=O)ccc1Nc1ncnc2[nH]c(C)c(C)c12.CCOc1cc(C(N)=O)ccc1Nc1ncnc2[nH]c(C)c(C)c12.Cc1[nH]c2ncnc(Nc3ccc(C(N)=O)cc3OC3CCCC3)c2c1C.Cc1[nH]c2ncnc(Nc3ccc(C(N)=O)cc3OC3CCOC3)c2c1C. The van der Waals surface area contributed by atoms with Gasteiger partial charge in [0.15, 0.2) is 0 Å². The van der Waals surface area contributed by atoms with Crippen molar-refractivity contribution < 1.29 is 42.9 Å². The van der Waals surface area contributed by atoms with E-state index in [-0.39, 0.29) is 18.3 Å². The van der Waals surface area contributed by atoms with Crippen molar-refractivity contribution in [3.8, 4) is 23.0 Å². The minimum Gasteiger partial charge on any atom is -0.492 e. The Hall–Kier alpha value is -12.4. The molecule has 1 saturated heterocycles. The Bertz CT molecular complexity index is 5000. The molecule has 29 nitrogen and oxygen atoms in total. The zero-order chi connectivity index (χ0) is 74.0. The van der Waals surface area contributed by atoms with Crippen LogP contribution in [-0.2, 0) is 4.74 Å². The zero-order valence-corrected chi connectivity index (χ0v) is 59.9. The molecular weight excluding hydrogens is 1320 g/mol. The van der Waals surface area contributed by atoms with E-state index in [4.69, 9.17) is 46.6 Å². The van der Waals surface area contributed by atoms with Gasteiger partial charge in [-0.2, -0.15) is 0 Å². The van der Waals surface area contributed by atoms with Gasteiger partial charge in [0.2, 0.25) is 23.6 Å². The fourth-order valence-electron chi connectivity index (χ4n) is 12.0. The van der Waals surface area contributed by atoms with E-state index in [1.165, 1.54) is 25.3 Å². The predicted molar refractivity (Wildman–Crippen MR) is 401 cm³/mol. The summed E-state index contributed by atoms with van der Waals surface area (Å²) in [5.41, 5.74) is 37.7. The standard InChI is InChI=1S/C20H23N5O2.C19H21N5O3.C19H23N5O2.C17H19N5O2/c1-11-12(2)24-19-17(11)20(23-10-22-19)25-15-8-7-13(18(21)26)9-16(15)27-14-5-3-4-6-14;1-10-11(2)23-18-16(10)19(22-9-21-18)24-14-4-3-12(17(20)25)7-15(14)27-13-5-6-26-8-13;1-5-10(2)26-15-8-13(17(20)25)6-7-14(15)24-19-16-11(3)12(4)23-18(16)21-9-22-19;1-4-24-13-7-11(15(18)23)5-6-12(13)22-17-14-9(2)10(3)21-16(14)19-8-20-17/h7-10,14H,3-6H2,1-2H3,(H2,21,26)(H2,22,23,24,25);3-4,7,9,13H,5-6,8H2,1-2H3,(H2,20,25)(H2,21,22,23,24);6-10H,5H2,1-4H3,(H2,20,25)(H2,21,22,23,24);5-8H,4H2,1-3H3,(H2,18,23)(H2,19,20,21,22). The summed E-state index contributed by atoms with van der Waals surface area (Å²) in [7, 11) is 0. The third-order valence-corrected chi connectivity index (χ3v) is 18.4. The fraction of sp³-hybridized carbons (Fsp3) is 0.307. The van der Waals surface area contributed by atoms with E-state index in [1.54, 1.807) is 66.7 Å². The molecule has 8 aromatic heterocycles. The number of amides is 4. The molecule has 1 aliphatic heterocycles. The summed E-state index contributed by atoms with van der Waals surface area (Å²) in [6.07, 6.45) is 12.1. The van der Waals surface area contributed by atoms with E-state index in [0.29, 0.717) is 105 Å². The number of hydrogen-bond acceptors (Lipinski definition) is 21. The molecular formula is C75H86N20O9. The van der Waals surface area contributed by atoms with Gasteiger partial charge in [-0.05, 0) is 196 Å². The molecule has 540 valence electrons. The number of nitrogens with one attached hydrogen (secondary N) is 8. The average Bonchev–Trinajstić information content (AvgIpc) is 1.62. The van der Waals surface area contributed by atoms with Crippen molar-refractivity contribution >= 4 is 114 Å². The van der Waals surface area contributed by atoms with Crippen LogP contribution in [-0.4, -0.2) is 122 Å². The van der Waals surface area contributed by atoms with Crippen LogP contribution in [0.1, 0.15) is 146 Å². The van der Waals surface area contributed by atoms with Gasteiger partial charge in [-0.15, -0.1) is 0 Å². The van der Waals surface area contributed by atoms with Crippen molar-refractivity contribution in [3.63, 3.8) is 0 Å². The van der Waals surface area contributed by atoms with Crippen LogP contribution < -0.4 is 63.1 Å². The Morgan fingerprint density at radius 3 is 1.09 bits per heavy atom. The van der Waals surface area contributed by atoms with E-state index in [9.17, 15) is 19.2 Å². The lowest BCUT2D eigenvalue weighted by Crippen LogP contribution is -2.18. The van der Waals surface area contributed by atoms with Crippen molar-refractivity contribution in [2.45, 2.75) is 133 Å². The summed E-state index contributed by atoms with van der Waals surface area (Å²) >= 11 is 0. The number of aryl methyl sites for hydroxylation is 8. The van der Waals surface area contributed by atoms with Crippen molar-refractivity contribution in [2.75, 3.05) is 41.1 Å². The second kappa shape index (κ2) is 32.1. The molecule has 2 fully saturated rings. The summed E-state index contributed by atoms with van der Waals surface area (Å²) < 4.78 is 29.3. The number of nitrogens with two attached hydrogens (primary N) is 4. The van der Waals surface area contributed by atoms with E-state index >= 15 is 0 Å². The monoisotopic (exact) mass is 1410 g/mol. The Morgan fingerprint density at radius 2 is 0.769 bits per heavy atom. The average molecular weight is 1410 g/mol. The first-order valence-corrected chi connectivity index (χ1v) is 34.2. The van der Waals surface area contributed by atoms with Crippen LogP contribution in [0.2, 0.25) is 0 Å². The number of benzene rings is 4. The summed E-state index contributed by atoms with van der Waals surface area (Å²) in [6, 6.07) is 20.4. The molecule has 0 bridgehead atoms. The topological polar surface area (TPSA) is 433 Å². The number of ether oxygens (including phenoxy) is 5. The van der Waals surface area contributed by atoms with Crippen LogP contribution in [0, 0.1) is 55.4 Å². The molecule has 4 amide bonds. The van der Waals surface area contributed by atoms with Crippen LogP contribution >= 0.6 is 0 Å². The van der Waals surface area contributed by atoms with E-state index in [1.807, 2.05) is 82.2 Å². The molecule has 2 unspecified atom stereocenters. The highest BCUT2D eigenvalue weighted by Crippen LogP contribution is 2.39. The first-order valence-electron chi connectivity index (χ1n) is 34.2. The highest BCUT2D eigenvalue weighted by molar-refractivity contribution is 6.00. The maximum atomic E-state index is 11.6. The maximum Gasteiger partial charge on any atom is 0.248 e. The lowest BCUT2D eigenvalue weighted by atomic mass is 10.1. The molecule has 16 N–H and O–H groups in total. The quantitative estimate of drug-likeness (QED) is 0.0318. The maximum absolute atomic E-state index is 11.6. The molecule has 0 radical (unpaired) electrons. The van der Waals surface area contributed by atoms with Crippen LogP contribution in [0.3, 0.4) is 0 Å². The molecule has 0 spiro atoms. The molecule has 1 aliphatic carbocycles. The lowest BCUT2D eigenvalue weighted by Gasteiger charge is -2.18. The minimum atomic E-state index is -0.504. The smallest absolute Gasteiger partial charge is 0.248 e. The minimum absolute atomic E-state index is 0.000309. The van der Waals surface area contributed by atoms with Crippen molar-refractivity contribution in [1.29, 1.82) is 0 Å². The summed E-state index contributed by atoms with van der Waals surface area (Å²) in [4.78, 5) is 93.8. The van der Waals surface area contributed by atoms with Crippen molar-refractivity contribution in [2.24, 2.45) is 22.9 Å². The van der Waals surface area contributed by atoms with Gasteiger partial charge in [-0.1, -0.05) is 6.92 Å². The summed E-state index contributed by atoms with van der Waals surface area (Å²) in [5, 5.41) is 17.0. The summed E-state index contributed by atoms with van der Waals surface area (Å²) in [6.45, 7) is 23.6. The normalized spacial score (nSPS) is 13.6. The third-order valence-electron chi connectivity index (χ3n) is 18.4. The predicted octanol–water partition coefficient (Wildman–Crippen LogP) is 12.7. The van der Waals surface area contributed by atoms with Gasteiger partial charge >= 0.3 is 0 Å². The number of aromatic nitrogens is 12. The fourth-order valence-corrected chi connectivity index (χ4v) is 12.0. The zero-order valence-electron chi connectivity index (χ0n) is 59.9. The number of aromatic amines is 4. The Morgan fingerprint density at radius 1 is 0.452 bits per heavy atom. The number of fused-ring (bicyclic) bond motifs is 4. The van der Waals surface area contributed by atoms with Gasteiger partial charge in [0.25, 0.3) is 0 Å². The number of carbonyl (C=O) groups is 4. The Kier molecular flexibility index (Phi) is 22.5. The number of anilines is 8. The number of rotatable bonds is 21. The number of primary amides is 4. The largest absolute Gasteiger partial charge is 0.492 e. The van der Waals surface area contributed by atoms with Crippen molar-refractivity contribution in [1.82, 2.24) is 59.8 Å². The molecule has 29 heteroatoms. The first-order chi connectivity index (χ1) is 50.0. The molecule has 9 heterocycles. The van der Waals surface area contributed by atoms with E-state index < -0.39 is 23.6 Å². The van der Waals surface area contributed by atoms with Gasteiger partial charge < -0.3 is 87.8 Å². The molecule has 2 atom stereocenters. The van der Waals surface area contributed by atoms with Crippen LogP contribution in [0.4, 0.5) is 46.0 Å². The lowest BCUT2D eigenvalue weighted by molar-refractivity contribution is 0.0991. The molecule has 2 aliphatic rings. The van der Waals surface area contributed by atoms with Gasteiger partial charge in [0.05, 0.1) is 76.3 Å². The van der Waals surface area contributed by atoms with Crippen LogP contribution in [0.15, 0.2) is 98.1 Å². The second-order valence-electron chi connectivity index (χ2n) is 25.5. The van der Waals surface area contributed by atoms with E-state index in [0.717, 1.165) is 133 Å². The Labute approximate surface area is 599 Å². The highest BCUT2D eigenvalue weighted by atomic mass is 16.5. The first kappa shape index (κ1) is 72.8. The van der Waals surface area contributed by atoms with Gasteiger partial charge in [0, 0.05) is 51.5 Å². The van der Waals surface area contributed by atoms with Crippen molar-refractivity contribution in [3.05, 3.63) is 165 Å². The molecule has 104 heavy (non-hydrogen) atoms. The Balaban J connectivity index is 0.000000139. The molecule has 1 saturated carbocycles. The molecule has 14 rings (SSSR count). The number of carbonyl (C=O) groups excluding carboxylic acids is 4. The molecule has 4 aromatic carbocycles. The third kappa shape index (κ3) is 16.5.